The third-order valence-corrected chi connectivity index (χ3v) is 5.69. The first-order valence-electron chi connectivity index (χ1n) is 10.5. The average molecular weight is 433 g/mol. The largest absolute Gasteiger partial charge is 0.486 e. The van der Waals surface area contributed by atoms with Gasteiger partial charge in [0, 0.05) is 44.3 Å². The summed E-state index contributed by atoms with van der Waals surface area (Å²) in [6, 6.07) is 15.7. The number of rotatable bonds is 8. The van der Waals surface area contributed by atoms with Gasteiger partial charge in [-0.25, -0.2) is 0 Å². The van der Waals surface area contributed by atoms with Gasteiger partial charge in [0.15, 0.2) is 17.6 Å². The summed E-state index contributed by atoms with van der Waals surface area (Å²) in [5, 5.41) is 11.1. The van der Waals surface area contributed by atoms with Gasteiger partial charge in [0.1, 0.15) is 6.61 Å². The number of fused-ring (bicyclic) bond motifs is 1. The van der Waals surface area contributed by atoms with Gasteiger partial charge in [-0.15, -0.1) is 0 Å². The zero-order valence-electron chi connectivity index (χ0n) is 17.1. The molecule has 0 aromatic heterocycles. The van der Waals surface area contributed by atoms with Crippen LogP contribution in [0.4, 0.5) is 0 Å². The van der Waals surface area contributed by atoms with Crippen molar-refractivity contribution in [1.82, 2.24) is 9.80 Å². The van der Waals surface area contributed by atoms with Crippen molar-refractivity contribution in [3.05, 3.63) is 59.1 Å². The fourth-order valence-electron chi connectivity index (χ4n) is 3.81. The number of ether oxygens (including phenoxy) is 3. The van der Waals surface area contributed by atoms with Gasteiger partial charge in [0.2, 0.25) is 0 Å². The van der Waals surface area contributed by atoms with E-state index in [1.807, 2.05) is 36.4 Å². The highest BCUT2D eigenvalue weighted by atomic mass is 35.5. The summed E-state index contributed by atoms with van der Waals surface area (Å²) in [5.41, 5.74) is 1.28. The van der Waals surface area contributed by atoms with Gasteiger partial charge in [-0.3, -0.25) is 9.80 Å². The minimum absolute atomic E-state index is 0.150. The Morgan fingerprint density at radius 1 is 1.00 bits per heavy atom. The van der Waals surface area contributed by atoms with E-state index < -0.39 is 6.10 Å². The Kier molecular flexibility index (Phi) is 7.47. The van der Waals surface area contributed by atoms with Crippen molar-refractivity contribution in [2.45, 2.75) is 18.8 Å². The van der Waals surface area contributed by atoms with Crippen LogP contribution in [0.15, 0.2) is 48.5 Å². The molecule has 0 saturated carbocycles. The van der Waals surface area contributed by atoms with Gasteiger partial charge in [0.25, 0.3) is 0 Å². The van der Waals surface area contributed by atoms with Gasteiger partial charge in [-0.1, -0.05) is 35.9 Å². The van der Waals surface area contributed by atoms with E-state index >= 15 is 0 Å². The van der Waals surface area contributed by atoms with E-state index in [-0.39, 0.29) is 6.10 Å². The summed E-state index contributed by atoms with van der Waals surface area (Å²) in [6.07, 6.45) is -0.659. The number of hydrogen-bond donors (Lipinski definition) is 1. The summed E-state index contributed by atoms with van der Waals surface area (Å²) >= 11 is 5.96. The van der Waals surface area contributed by atoms with Gasteiger partial charge < -0.3 is 19.3 Å². The molecule has 2 heterocycles. The summed E-state index contributed by atoms with van der Waals surface area (Å²) < 4.78 is 17.3. The Hall–Kier alpha value is -1.83. The molecule has 162 valence electrons. The molecule has 6 nitrogen and oxygen atoms in total. The van der Waals surface area contributed by atoms with E-state index in [1.54, 1.807) is 0 Å². The lowest BCUT2D eigenvalue weighted by Crippen LogP contribution is -2.48. The lowest BCUT2D eigenvalue weighted by atomic mass is 10.2. The van der Waals surface area contributed by atoms with Crippen LogP contribution in [0.25, 0.3) is 0 Å². The van der Waals surface area contributed by atoms with E-state index in [9.17, 15) is 5.11 Å². The molecule has 1 N–H and O–H groups in total. The van der Waals surface area contributed by atoms with Crippen LogP contribution in [0.2, 0.25) is 5.02 Å². The van der Waals surface area contributed by atoms with Crippen molar-refractivity contribution in [2.75, 3.05) is 52.5 Å². The van der Waals surface area contributed by atoms with Crippen molar-refractivity contribution in [3.63, 3.8) is 0 Å². The smallest absolute Gasteiger partial charge is 0.161 e. The Morgan fingerprint density at radius 2 is 1.70 bits per heavy atom. The normalized spacial score (nSPS) is 20.8. The second-order valence-electron chi connectivity index (χ2n) is 7.89. The van der Waals surface area contributed by atoms with Crippen molar-refractivity contribution in [2.24, 2.45) is 0 Å². The molecule has 0 radical (unpaired) electrons. The number of nitrogens with zero attached hydrogens (tertiary/aromatic N) is 2. The third-order valence-electron chi connectivity index (χ3n) is 5.43. The zero-order chi connectivity index (χ0) is 20.8. The minimum Gasteiger partial charge on any atom is -0.486 e. The van der Waals surface area contributed by atoms with Gasteiger partial charge >= 0.3 is 0 Å². The van der Waals surface area contributed by atoms with Crippen molar-refractivity contribution in [3.8, 4) is 11.5 Å². The second kappa shape index (κ2) is 10.5. The van der Waals surface area contributed by atoms with Crippen LogP contribution in [-0.2, 0) is 11.3 Å². The van der Waals surface area contributed by atoms with Gasteiger partial charge in [-0.2, -0.15) is 0 Å². The number of hydrogen-bond acceptors (Lipinski definition) is 6. The maximum Gasteiger partial charge on any atom is 0.161 e. The van der Waals surface area contributed by atoms with E-state index in [1.165, 1.54) is 5.56 Å². The molecule has 2 atom stereocenters. The SMILES string of the molecule is O[C@H](COC[C@H]1COc2ccccc2O1)CN1CCN(Cc2ccc(Cl)cc2)CC1. The third kappa shape index (κ3) is 6.09. The van der Waals surface area contributed by atoms with Gasteiger partial charge in [-0.05, 0) is 29.8 Å². The van der Waals surface area contributed by atoms with Crippen molar-refractivity contribution >= 4 is 11.6 Å². The predicted molar refractivity (Wildman–Crippen MR) is 116 cm³/mol. The van der Waals surface area contributed by atoms with Crippen LogP contribution in [0.1, 0.15) is 5.56 Å². The maximum atomic E-state index is 10.4. The Balaban J connectivity index is 1.11. The van der Waals surface area contributed by atoms with Crippen LogP contribution in [0, 0.1) is 0 Å². The first-order chi connectivity index (χ1) is 14.7. The fraction of sp³-hybridized carbons (Fsp3) is 0.478. The maximum absolute atomic E-state index is 10.4. The molecular formula is C23H29ClN2O4. The molecule has 0 spiro atoms. The lowest BCUT2D eigenvalue weighted by Gasteiger charge is -2.35. The topological polar surface area (TPSA) is 54.4 Å². The number of aliphatic hydroxyl groups is 1. The quantitative estimate of drug-likeness (QED) is 0.692. The molecular weight excluding hydrogens is 404 g/mol. The van der Waals surface area contributed by atoms with Crippen molar-refractivity contribution < 1.29 is 19.3 Å². The molecule has 2 aliphatic rings. The molecule has 1 saturated heterocycles. The van der Waals surface area contributed by atoms with E-state index in [0.717, 1.165) is 49.2 Å². The molecule has 4 rings (SSSR count). The molecule has 2 aliphatic heterocycles. The van der Waals surface area contributed by atoms with E-state index in [0.29, 0.717) is 26.4 Å². The van der Waals surface area contributed by atoms with Crippen LogP contribution >= 0.6 is 11.6 Å². The summed E-state index contributed by atoms with van der Waals surface area (Å²) in [6.45, 7) is 6.59. The fourth-order valence-corrected chi connectivity index (χ4v) is 3.94. The molecule has 0 unspecified atom stereocenters. The summed E-state index contributed by atoms with van der Waals surface area (Å²) in [5.74, 6) is 1.51. The summed E-state index contributed by atoms with van der Waals surface area (Å²) in [7, 11) is 0. The molecule has 7 heteroatoms. The van der Waals surface area contributed by atoms with Gasteiger partial charge in [0.05, 0.1) is 19.3 Å². The van der Waals surface area contributed by atoms with Crippen molar-refractivity contribution in [1.29, 1.82) is 0 Å². The molecule has 1 fully saturated rings. The number of para-hydroxylation sites is 2. The van der Waals surface area contributed by atoms with Crippen LogP contribution in [0.5, 0.6) is 11.5 Å². The predicted octanol–water partition coefficient (Wildman–Crippen LogP) is 2.68. The van der Waals surface area contributed by atoms with Crippen LogP contribution in [0.3, 0.4) is 0 Å². The Bertz CT molecular complexity index is 796. The molecule has 0 aliphatic carbocycles. The highest BCUT2D eigenvalue weighted by molar-refractivity contribution is 6.30. The first-order valence-corrected chi connectivity index (χ1v) is 10.9. The van der Waals surface area contributed by atoms with Crippen LogP contribution in [-0.4, -0.2) is 79.7 Å². The second-order valence-corrected chi connectivity index (χ2v) is 8.33. The van der Waals surface area contributed by atoms with E-state index in [4.69, 9.17) is 25.8 Å². The Labute approximate surface area is 182 Å². The number of aliphatic hydroxyl groups excluding tert-OH is 1. The minimum atomic E-state index is -0.510. The lowest BCUT2D eigenvalue weighted by molar-refractivity contribution is -0.0322. The molecule has 0 amide bonds. The molecule has 0 bridgehead atoms. The first kappa shape index (κ1) is 21.4. The Morgan fingerprint density at radius 3 is 2.47 bits per heavy atom. The monoisotopic (exact) mass is 432 g/mol. The average Bonchev–Trinajstić information content (AvgIpc) is 2.77. The molecule has 2 aromatic rings. The number of β-amino-alcohol motifs (C(OH)–C–C–N with tert-alkyl or cyclic N) is 1. The number of piperazine rings is 1. The molecule has 30 heavy (non-hydrogen) atoms. The van der Waals surface area contributed by atoms with Crippen LogP contribution < -0.4 is 9.47 Å². The summed E-state index contributed by atoms with van der Waals surface area (Å²) in [4.78, 5) is 4.73. The number of benzene rings is 2. The highest BCUT2D eigenvalue weighted by Crippen LogP contribution is 2.30. The van der Waals surface area contributed by atoms with E-state index in [2.05, 4.69) is 21.9 Å². The number of halogens is 1. The standard InChI is InChI=1S/C23H29ClN2O4/c24-19-7-5-18(6-8-19)13-25-9-11-26(12-10-25)14-20(27)15-28-16-21-17-29-22-3-1-2-4-23(22)30-21/h1-8,20-21,27H,9-17H2/t20-,21-/m0/s1. The molecule has 2 aromatic carbocycles. The zero-order valence-corrected chi connectivity index (χ0v) is 17.8. The highest BCUT2D eigenvalue weighted by Gasteiger charge is 2.22.